The Morgan fingerprint density at radius 1 is 1.28 bits per heavy atom. The molecule has 0 unspecified atom stereocenters. The van der Waals surface area contributed by atoms with E-state index in [0.29, 0.717) is 17.9 Å². The molecule has 0 fully saturated rings. The fourth-order valence-corrected chi connectivity index (χ4v) is 3.28. The van der Waals surface area contributed by atoms with Gasteiger partial charge in [-0.3, -0.25) is 4.79 Å². The summed E-state index contributed by atoms with van der Waals surface area (Å²) in [6.45, 7) is 1.34. The maximum absolute atomic E-state index is 12.8. The number of fused-ring (bicyclic) bond motifs is 1. The zero-order valence-corrected chi connectivity index (χ0v) is 15.3. The van der Waals surface area contributed by atoms with Crippen molar-refractivity contribution in [2.75, 3.05) is 27.2 Å². The Balaban J connectivity index is 1.70. The van der Waals surface area contributed by atoms with Crippen LogP contribution in [0.1, 0.15) is 33.9 Å². The molecule has 132 valence electrons. The molecule has 5 heteroatoms. The number of aryl methyl sites for hydroxylation is 1. The fourth-order valence-electron chi connectivity index (χ4n) is 3.09. The molecule has 1 aliphatic rings. The van der Waals surface area contributed by atoms with E-state index >= 15 is 0 Å². The molecule has 1 N–H and O–H groups in total. The number of likely N-dealkylation sites (N-methyl/N-ethyl adjacent to an activating group) is 1. The largest absolute Gasteiger partial charge is 0.491 e. The van der Waals surface area contributed by atoms with Crippen molar-refractivity contribution in [3.63, 3.8) is 0 Å². The van der Waals surface area contributed by atoms with Gasteiger partial charge in [-0.25, -0.2) is 0 Å². The average Bonchev–Trinajstić information content (AvgIpc) is 2.97. The Morgan fingerprint density at radius 3 is 2.88 bits per heavy atom. The predicted molar refractivity (Wildman–Crippen MR) is 100 cm³/mol. The highest BCUT2D eigenvalue weighted by Crippen LogP contribution is 2.33. The number of amides is 1. The summed E-state index contributed by atoms with van der Waals surface area (Å²) in [5, 5.41) is 3.88. The van der Waals surface area contributed by atoms with Crippen LogP contribution >= 0.6 is 11.6 Å². The number of nitrogens with one attached hydrogen (secondary N) is 1. The average molecular weight is 359 g/mol. The number of benzene rings is 2. The second-order valence-electron chi connectivity index (χ2n) is 6.56. The SMILES string of the molecule is CN(C)CCOc1ccccc1C(=O)N[C@@H]1CCc2cc(Cl)ccc21. The first-order chi connectivity index (χ1) is 12.0. The molecule has 3 rings (SSSR count). The first-order valence-corrected chi connectivity index (χ1v) is 8.88. The lowest BCUT2D eigenvalue weighted by atomic mass is 10.1. The van der Waals surface area contributed by atoms with Gasteiger partial charge in [0.05, 0.1) is 11.6 Å². The summed E-state index contributed by atoms with van der Waals surface area (Å²) in [5.74, 6) is 0.518. The molecule has 0 saturated carbocycles. The number of hydrogen-bond acceptors (Lipinski definition) is 3. The molecule has 1 aliphatic carbocycles. The topological polar surface area (TPSA) is 41.6 Å². The van der Waals surface area contributed by atoms with Gasteiger partial charge in [0.2, 0.25) is 0 Å². The van der Waals surface area contributed by atoms with Crippen molar-refractivity contribution in [3.05, 3.63) is 64.2 Å². The Morgan fingerprint density at radius 2 is 2.08 bits per heavy atom. The third kappa shape index (κ3) is 4.33. The number of ether oxygens (including phenoxy) is 1. The van der Waals surface area contributed by atoms with Crippen molar-refractivity contribution in [2.24, 2.45) is 0 Å². The van der Waals surface area contributed by atoms with Gasteiger partial charge in [-0.1, -0.05) is 29.8 Å². The van der Waals surface area contributed by atoms with Crippen LogP contribution in [0.15, 0.2) is 42.5 Å². The van der Waals surface area contributed by atoms with E-state index in [-0.39, 0.29) is 11.9 Å². The molecular weight excluding hydrogens is 336 g/mol. The van der Waals surface area contributed by atoms with Gasteiger partial charge in [-0.05, 0) is 62.3 Å². The number of para-hydroxylation sites is 1. The second-order valence-corrected chi connectivity index (χ2v) is 6.99. The first kappa shape index (κ1) is 17.8. The normalized spacial score (nSPS) is 15.9. The zero-order valence-electron chi connectivity index (χ0n) is 14.6. The van der Waals surface area contributed by atoms with E-state index in [1.807, 2.05) is 55.4 Å². The van der Waals surface area contributed by atoms with E-state index in [1.165, 1.54) is 5.56 Å². The molecule has 0 bridgehead atoms. The molecule has 1 atom stereocenters. The maximum Gasteiger partial charge on any atom is 0.255 e. The van der Waals surface area contributed by atoms with Gasteiger partial charge in [-0.15, -0.1) is 0 Å². The van der Waals surface area contributed by atoms with E-state index in [9.17, 15) is 4.79 Å². The lowest BCUT2D eigenvalue weighted by Gasteiger charge is -2.17. The molecule has 4 nitrogen and oxygen atoms in total. The summed E-state index contributed by atoms with van der Waals surface area (Å²) < 4.78 is 5.80. The lowest BCUT2D eigenvalue weighted by molar-refractivity contribution is 0.0932. The van der Waals surface area contributed by atoms with E-state index in [2.05, 4.69) is 5.32 Å². The highest BCUT2D eigenvalue weighted by molar-refractivity contribution is 6.30. The standard InChI is InChI=1S/C20H23ClN2O2/c1-23(2)11-12-25-19-6-4-3-5-17(19)20(24)22-18-10-7-14-13-15(21)8-9-16(14)18/h3-6,8-9,13,18H,7,10-12H2,1-2H3,(H,22,24)/t18-/m1/s1. The smallest absolute Gasteiger partial charge is 0.255 e. The number of carbonyl (C=O) groups excluding carboxylic acids is 1. The number of hydrogen-bond donors (Lipinski definition) is 1. The monoisotopic (exact) mass is 358 g/mol. The number of carbonyl (C=O) groups is 1. The summed E-state index contributed by atoms with van der Waals surface area (Å²) >= 11 is 6.06. The molecule has 0 saturated heterocycles. The summed E-state index contributed by atoms with van der Waals surface area (Å²) in [6.07, 6.45) is 1.83. The van der Waals surface area contributed by atoms with Gasteiger partial charge < -0.3 is 15.0 Å². The van der Waals surface area contributed by atoms with Crippen molar-refractivity contribution >= 4 is 17.5 Å². The minimum atomic E-state index is -0.103. The number of halogens is 1. The third-order valence-corrected chi connectivity index (χ3v) is 4.65. The second kappa shape index (κ2) is 7.89. The summed E-state index contributed by atoms with van der Waals surface area (Å²) in [7, 11) is 3.98. The molecule has 2 aromatic carbocycles. The molecule has 1 amide bonds. The van der Waals surface area contributed by atoms with Gasteiger partial charge >= 0.3 is 0 Å². The molecular formula is C20H23ClN2O2. The highest BCUT2D eigenvalue weighted by atomic mass is 35.5. The van der Waals surface area contributed by atoms with E-state index < -0.39 is 0 Å². The Kier molecular flexibility index (Phi) is 5.61. The van der Waals surface area contributed by atoms with Crippen molar-refractivity contribution < 1.29 is 9.53 Å². The molecule has 0 aliphatic heterocycles. The molecule has 0 radical (unpaired) electrons. The van der Waals surface area contributed by atoms with Crippen molar-refractivity contribution in [2.45, 2.75) is 18.9 Å². The van der Waals surface area contributed by atoms with Gasteiger partial charge in [0.25, 0.3) is 5.91 Å². The minimum Gasteiger partial charge on any atom is -0.491 e. The molecule has 0 heterocycles. The summed E-state index contributed by atoms with van der Waals surface area (Å²) in [5.41, 5.74) is 2.95. The van der Waals surface area contributed by atoms with Crippen LogP contribution < -0.4 is 10.1 Å². The van der Waals surface area contributed by atoms with Gasteiger partial charge in [0.1, 0.15) is 12.4 Å². The van der Waals surface area contributed by atoms with Crippen LogP contribution in [-0.4, -0.2) is 38.1 Å². The summed E-state index contributed by atoms with van der Waals surface area (Å²) in [4.78, 5) is 14.8. The third-order valence-electron chi connectivity index (χ3n) is 4.42. The van der Waals surface area contributed by atoms with E-state index in [4.69, 9.17) is 16.3 Å². The quantitative estimate of drug-likeness (QED) is 0.856. The van der Waals surface area contributed by atoms with Gasteiger partial charge in [0.15, 0.2) is 0 Å². The molecule has 2 aromatic rings. The van der Waals surface area contributed by atoms with Crippen molar-refractivity contribution in [1.82, 2.24) is 10.2 Å². The predicted octanol–water partition coefficient (Wildman–Crippen LogP) is 3.70. The van der Waals surface area contributed by atoms with Crippen molar-refractivity contribution in [3.8, 4) is 5.75 Å². The van der Waals surface area contributed by atoms with Crippen LogP contribution in [0.25, 0.3) is 0 Å². The Hall–Kier alpha value is -2.04. The van der Waals surface area contributed by atoms with E-state index in [0.717, 1.165) is 30.0 Å². The Bertz CT molecular complexity index is 761. The minimum absolute atomic E-state index is 0.0228. The van der Waals surface area contributed by atoms with Crippen LogP contribution in [0, 0.1) is 0 Å². The van der Waals surface area contributed by atoms with Crippen LogP contribution in [0.4, 0.5) is 0 Å². The molecule has 25 heavy (non-hydrogen) atoms. The van der Waals surface area contributed by atoms with Crippen LogP contribution in [-0.2, 0) is 6.42 Å². The summed E-state index contributed by atoms with van der Waals surface area (Å²) in [6, 6.07) is 13.3. The highest BCUT2D eigenvalue weighted by Gasteiger charge is 2.25. The number of rotatable bonds is 6. The van der Waals surface area contributed by atoms with Crippen LogP contribution in [0.2, 0.25) is 5.02 Å². The lowest BCUT2D eigenvalue weighted by Crippen LogP contribution is -2.28. The van der Waals surface area contributed by atoms with E-state index in [1.54, 1.807) is 6.07 Å². The van der Waals surface area contributed by atoms with Gasteiger partial charge in [-0.2, -0.15) is 0 Å². The fraction of sp³-hybridized carbons (Fsp3) is 0.350. The van der Waals surface area contributed by atoms with Crippen LogP contribution in [0.5, 0.6) is 5.75 Å². The zero-order chi connectivity index (χ0) is 17.8. The number of nitrogens with zero attached hydrogens (tertiary/aromatic N) is 1. The van der Waals surface area contributed by atoms with Gasteiger partial charge in [0, 0.05) is 11.6 Å². The maximum atomic E-state index is 12.8. The van der Waals surface area contributed by atoms with Crippen molar-refractivity contribution in [1.29, 1.82) is 0 Å². The molecule has 0 aromatic heterocycles. The first-order valence-electron chi connectivity index (χ1n) is 8.50. The molecule has 0 spiro atoms. The Labute approximate surface area is 153 Å². The van der Waals surface area contributed by atoms with Crippen LogP contribution in [0.3, 0.4) is 0 Å².